The van der Waals surface area contributed by atoms with Gasteiger partial charge in [-0.3, -0.25) is 0 Å². The van der Waals surface area contributed by atoms with Gasteiger partial charge in [-0.25, -0.2) is 4.98 Å². The van der Waals surface area contributed by atoms with Crippen molar-refractivity contribution in [2.24, 2.45) is 0 Å². The molecule has 0 aliphatic rings. The van der Waals surface area contributed by atoms with Gasteiger partial charge < -0.3 is 10.3 Å². The Bertz CT molecular complexity index is 618. The first-order valence-electron chi connectivity index (χ1n) is 6.77. The molecule has 1 heterocycles. The van der Waals surface area contributed by atoms with Crippen molar-refractivity contribution in [1.29, 1.82) is 0 Å². The van der Waals surface area contributed by atoms with Crippen LogP contribution >= 0.6 is 31.9 Å². The zero-order valence-electron chi connectivity index (χ0n) is 12.0. The summed E-state index contributed by atoms with van der Waals surface area (Å²) in [5.41, 5.74) is 8.23. The number of nitrogen functional groups attached to an aromatic ring is 1. The van der Waals surface area contributed by atoms with E-state index in [2.05, 4.69) is 57.2 Å². The summed E-state index contributed by atoms with van der Waals surface area (Å²) < 4.78 is 4.16. The third-order valence-corrected chi connectivity index (χ3v) is 5.07. The van der Waals surface area contributed by atoms with Crippen LogP contribution in [0.3, 0.4) is 0 Å². The van der Waals surface area contributed by atoms with E-state index in [9.17, 15) is 0 Å². The molecule has 1 aromatic heterocycles. The molecule has 0 amide bonds. The van der Waals surface area contributed by atoms with E-state index in [-0.39, 0.29) is 0 Å². The highest BCUT2D eigenvalue weighted by atomic mass is 79.9. The number of halogens is 2. The Morgan fingerprint density at radius 2 is 1.95 bits per heavy atom. The summed E-state index contributed by atoms with van der Waals surface area (Å²) in [6.45, 7) is 7.36. The van der Waals surface area contributed by atoms with Crippen LogP contribution in [-0.4, -0.2) is 9.55 Å². The van der Waals surface area contributed by atoms with Gasteiger partial charge in [-0.2, -0.15) is 0 Å². The minimum atomic E-state index is 0.358. The van der Waals surface area contributed by atoms with Gasteiger partial charge in [0.25, 0.3) is 0 Å². The van der Waals surface area contributed by atoms with E-state index in [1.807, 2.05) is 18.2 Å². The second kappa shape index (κ2) is 6.31. The molecule has 0 atom stereocenters. The second-order valence-corrected chi connectivity index (χ2v) is 6.85. The van der Waals surface area contributed by atoms with Crippen LogP contribution in [0.2, 0.25) is 0 Å². The van der Waals surface area contributed by atoms with Crippen LogP contribution in [0.4, 0.5) is 5.82 Å². The van der Waals surface area contributed by atoms with Crippen molar-refractivity contribution in [3.05, 3.63) is 33.0 Å². The molecule has 2 N–H and O–H groups in total. The standard InChI is InChI=1S/C15H19Br2N3/c1-4-7-20-14(18)13(19-15(20)9(2)3)10-5-6-11(16)12(17)8-10/h5-6,8-9H,4,7,18H2,1-3H3. The third-order valence-electron chi connectivity index (χ3n) is 3.19. The maximum Gasteiger partial charge on any atom is 0.131 e. The predicted octanol–water partition coefficient (Wildman–Crippen LogP) is 5.19. The summed E-state index contributed by atoms with van der Waals surface area (Å²) >= 11 is 7.02. The van der Waals surface area contributed by atoms with E-state index >= 15 is 0 Å². The Morgan fingerprint density at radius 3 is 2.50 bits per heavy atom. The molecule has 2 rings (SSSR count). The largest absolute Gasteiger partial charge is 0.383 e. The molecule has 0 fully saturated rings. The van der Waals surface area contributed by atoms with Crippen molar-refractivity contribution in [3.8, 4) is 11.3 Å². The van der Waals surface area contributed by atoms with E-state index in [0.717, 1.165) is 44.8 Å². The minimum Gasteiger partial charge on any atom is -0.383 e. The number of anilines is 1. The molecular formula is C15H19Br2N3. The van der Waals surface area contributed by atoms with Gasteiger partial charge in [0.05, 0.1) is 0 Å². The molecule has 0 aliphatic heterocycles. The molecule has 0 saturated carbocycles. The zero-order chi connectivity index (χ0) is 14.9. The molecule has 0 aliphatic carbocycles. The first kappa shape index (κ1) is 15.6. The quantitative estimate of drug-likeness (QED) is 0.767. The summed E-state index contributed by atoms with van der Waals surface area (Å²) in [6, 6.07) is 6.09. The summed E-state index contributed by atoms with van der Waals surface area (Å²) in [7, 11) is 0. The molecule has 0 bridgehead atoms. The summed E-state index contributed by atoms with van der Waals surface area (Å²) in [6.07, 6.45) is 1.05. The Balaban J connectivity index is 2.56. The fraction of sp³-hybridized carbons (Fsp3) is 0.400. The van der Waals surface area contributed by atoms with E-state index in [0.29, 0.717) is 5.92 Å². The average molecular weight is 401 g/mol. The molecule has 3 nitrogen and oxygen atoms in total. The number of aromatic nitrogens is 2. The van der Waals surface area contributed by atoms with Gasteiger partial charge in [0.15, 0.2) is 0 Å². The number of nitrogens with zero attached hydrogens (tertiary/aromatic N) is 2. The van der Waals surface area contributed by atoms with Gasteiger partial charge in [0.2, 0.25) is 0 Å². The van der Waals surface area contributed by atoms with E-state index in [1.165, 1.54) is 0 Å². The van der Waals surface area contributed by atoms with Crippen LogP contribution in [0.15, 0.2) is 27.1 Å². The average Bonchev–Trinajstić information content (AvgIpc) is 2.72. The predicted molar refractivity (Wildman–Crippen MR) is 91.9 cm³/mol. The summed E-state index contributed by atoms with van der Waals surface area (Å²) in [4.78, 5) is 4.77. The van der Waals surface area contributed by atoms with Crippen LogP contribution in [0.5, 0.6) is 0 Å². The summed E-state index contributed by atoms with van der Waals surface area (Å²) in [5, 5.41) is 0. The molecule has 5 heteroatoms. The van der Waals surface area contributed by atoms with E-state index < -0.39 is 0 Å². The Labute approximate surface area is 136 Å². The Hall–Kier alpha value is -0.810. The number of benzene rings is 1. The lowest BCUT2D eigenvalue weighted by molar-refractivity contribution is 0.616. The monoisotopic (exact) mass is 399 g/mol. The summed E-state index contributed by atoms with van der Waals surface area (Å²) in [5.74, 6) is 2.17. The molecular weight excluding hydrogens is 382 g/mol. The van der Waals surface area contributed by atoms with Crippen molar-refractivity contribution in [2.75, 3.05) is 5.73 Å². The molecule has 108 valence electrons. The van der Waals surface area contributed by atoms with Crippen molar-refractivity contribution in [2.45, 2.75) is 39.7 Å². The van der Waals surface area contributed by atoms with Gasteiger partial charge in [0, 0.05) is 27.0 Å². The number of nitrogens with two attached hydrogens (primary N) is 1. The van der Waals surface area contributed by atoms with E-state index in [1.54, 1.807) is 0 Å². The van der Waals surface area contributed by atoms with Crippen molar-refractivity contribution < 1.29 is 0 Å². The molecule has 0 unspecified atom stereocenters. The second-order valence-electron chi connectivity index (χ2n) is 5.14. The van der Waals surface area contributed by atoms with Crippen molar-refractivity contribution >= 4 is 37.7 Å². The van der Waals surface area contributed by atoms with Gasteiger partial charge in [-0.15, -0.1) is 0 Å². The minimum absolute atomic E-state index is 0.358. The van der Waals surface area contributed by atoms with Gasteiger partial charge in [-0.05, 0) is 50.4 Å². The maximum atomic E-state index is 6.32. The molecule has 2 aromatic rings. The Morgan fingerprint density at radius 1 is 1.25 bits per heavy atom. The number of hydrogen-bond donors (Lipinski definition) is 1. The SMILES string of the molecule is CCCn1c(C(C)C)nc(-c2ccc(Br)c(Br)c2)c1N. The normalized spacial score (nSPS) is 11.3. The highest BCUT2D eigenvalue weighted by Crippen LogP contribution is 2.33. The highest BCUT2D eigenvalue weighted by molar-refractivity contribution is 9.13. The molecule has 1 aromatic carbocycles. The molecule has 0 saturated heterocycles. The van der Waals surface area contributed by atoms with Gasteiger partial charge in [-0.1, -0.05) is 26.8 Å². The molecule has 0 radical (unpaired) electrons. The lowest BCUT2D eigenvalue weighted by atomic mass is 10.1. The molecule has 0 spiro atoms. The third kappa shape index (κ3) is 2.93. The topological polar surface area (TPSA) is 43.8 Å². The number of imidazole rings is 1. The van der Waals surface area contributed by atoms with Crippen LogP contribution in [-0.2, 0) is 6.54 Å². The Kier molecular flexibility index (Phi) is 4.91. The number of hydrogen-bond acceptors (Lipinski definition) is 2. The van der Waals surface area contributed by atoms with Crippen LogP contribution in [0.25, 0.3) is 11.3 Å². The van der Waals surface area contributed by atoms with Crippen LogP contribution in [0.1, 0.15) is 38.9 Å². The maximum absolute atomic E-state index is 6.32. The smallest absolute Gasteiger partial charge is 0.131 e. The van der Waals surface area contributed by atoms with Crippen molar-refractivity contribution in [1.82, 2.24) is 9.55 Å². The first-order chi connectivity index (χ1) is 9.45. The highest BCUT2D eigenvalue weighted by Gasteiger charge is 2.18. The number of rotatable bonds is 4. The fourth-order valence-corrected chi connectivity index (χ4v) is 2.86. The zero-order valence-corrected chi connectivity index (χ0v) is 15.1. The van der Waals surface area contributed by atoms with Gasteiger partial charge >= 0.3 is 0 Å². The lowest BCUT2D eigenvalue weighted by Crippen LogP contribution is -2.08. The van der Waals surface area contributed by atoms with Gasteiger partial charge in [0.1, 0.15) is 17.3 Å². The fourth-order valence-electron chi connectivity index (χ4n) is 2.24. The first-order valence-corrected chi connectivity index (χ1v) is 8.35. The van der Waals surface area contributed by atoms with Crippen LogP contribution in [0, 0.1) is 0 Å². The van der Waals surface area contributed by atoms with E-state index in [4.69, 9.17) is 10.7 Å². The van der Waals surface area contributed by atoms with Crippen LogP contribution < -0.4 is 5.73 Å². The molecule has 20 heavy (non-hydrogen) atoms. The van der Waals surface area contributed by atoms with Crippen molar-refractivity contribution in [3.63, 3.8) is 0 Å². The lowest BCUT2D eigenvalue weighted by Gasteiger charge is -2.10.